The predicted molar refractivity (Wildman–Crippen MR) is 90.2 cm³/mol. The van der Waals surface area contributed by atoms with Crippen molar-refractivity contribution < 1.29 is 13.9 Å². The van der Waals surface area contributed by atoms with Crippen LogP contribution >= 0.6 is 0 Å². The van der Waals surface area contributed by atoms with Gasteiger partial charge in [-0.15, -0.1) is 0 Å². The number of nitrogens with two attached hydrogens (primary N) is 1. The van der Waals surface area contributed by atoms with Gasteiger partial charge in [0.25, 0.3) is 0 Å². The first-order valence-corrected chi connectivity index (χ1v) is 7.35. The molecule has 3 rings (SSSR count). The van der Waals surface area contributed by atoms with Gasteiger partial charge in [-0.3, -0.25) is 9.89 Å². The largest absolute Gasteiger partial charge is 0.497 e. The molecule has 0 aliphatic rings. The highest BCUT2D eigenvalue weighted by Crippen LogP contribution is 2.38. The molecule has 0 amide bonds. The van der Waals surface area contributed by atoms with Gasteiger partial charge in [0.05, 0.1) is 25.9 Å². The summed E-state index contributed by atoms with van der Waals surface area (Å²) in [5.74, 6) is -0.546. The number of nitrogens with one attached hydrogen (secondary N) is 1. The molecule has 0 atom stereocenters. The fourth-order valence-corrected chi connectivity index (χ4v) is 2.67. The molecule has 0 fully saturated rings. The van der Waals surface area contributed by atoms with E-state index >= 15 is 0 Å². The summed E-state index contributed by atoms with van der Waals surface area (Å²) in [6, 6.07) is 4.30. The SMILES string of the molecule is [C-]#[N+]c1c(-c2ccc(OC)cc2F)nc2n[nH]c(C(=O)CN)c2c1C. The van der Waals surface area contributed by atoms with Gasteiger partial charge in [0.1, 0.15) is 17.3 Å². The van der Waals surface area contributed by atoms with Gasteiger partial charge in [0, 0.05) is 17.0 Å². The predicted octanol–water partition coefficient (Wildman–Crippen LogP) is 2.77. The lowest BCUT2D eigenvalue weighted by molar-refractivity contribution is 0.0998. The molecule has 2 heterocycles. The number of carbonyl (C=O) groups excluding carboxylic acids is 1. The van der Waals surface area contributed by atoms with Crippen LogP contribution in [0.4, 0.5) is 10.1 Å². The van der Waals surface area contributed by atoms with E-state index in [0.29, 0.717) is 16.7 Å². The molecule has 3 aromatic rings. The van der Waals surface area contributed by atoms with Crippen LogP contribution in [0.5, 0.6) is 5.75 Å². The minimum atomic E-state index is -0.565. The number of aromatic amines is 1. The van der Waals surface area contributed by atoms with E-state index in [4.69, 9.17) is 17.0 Å². The number of pyridine rings is 1. The number of Topliss-reactive ketones (excluding diaryl/α,β-unsaturated/α-hetero) is 1. The van der Waals surface area contributed by atoms with Crippen LogP contribution in [-0.2, 0) is 0 Å². The number of halogens is 1. The van der Waals surface area contributed by atoms with Gasteiger partial charge in [-0.1, -0.05) is 0 Å². The van der Waals surface area contributed by atoms with Crippen molar-refractivity contribution in [2.45, 2.75) is 6.92 Å². The molecule has 2 aromatic heterocycles. The number of aryl methyl sites for hydroxylation is 1. The Morgan fingerprint density at radius 3 is 2.84 bits per heavy atom. The molecule has 1 aromatic carbocycles. The summed E-state index contributed by atoms with van der Waals surface area (Å²) in [5.41, 5.74) is 6.81. The summed E-state index contributed by atoms with van der Waals surface area (Å²) in [5, 5.41) is 7.05. The number of hydrogen-bond acceptors (Lipinski definition) is 5. The van der Waals surface area contributed by atoms with Gasteiger partial charge in [-0.2, -0.15) is 5.10 Å². The number of methoxy groups -OCH3 is 1. The second-order valence-electron chi connectivity index (χ2n) is 5.32. The smallest absolute Gasteiger partial charge is 0.216 e. The normalized spacial score (nSPS) is 10.7. The number of carbonyl (C=O) groups is 1. The molecule has 0 aliphatic carbocycles. The number of hydrogen-bond donors (Lipinski definition) is 2. The molecular weight excluding hydrogens is 325 g/mol. The summed E-state index contributed by atoms with van der Waals surface area (Å²) in [7, 11) is 1.44. The summed E-state index contributed by atoms with van der Waals surface area (Å²) in [4.78, 5) is 19.7. The minimum Gasteiger partial charge on any atom is -0.497 e. The van der Waals surface area contributed by atoms with Crippen molar-refractivity contribution in [2.24, 2.45) is 5.73 Å². The number of fused-ring (bicyclic) bond motifs is 1. The highest BCUT2D eigenvalue weighted by Gasteiger charge is 2.22. The number of rotatable bonds is 4. The third-order valence-corrected chi connectivity index (χ3v) is 3.93. The van der Waals surface area contributed by atoms with E-state index in [1.54, 1.807) is 13.0 Å². The third kappa shape index (κ3) is 2.60. The van der Waals surface area contributed by atoms with Crippen LogP contribution in [0.1, 0.15) is 16.1 Å². The summed E-state index contributed by atoms with van der Waals surface area (Å²) < 4.78 is 19.4. The lowest BCUT2D eigenvalue weighted by Crippen LogP contribution is -2.14. The zero-order valence-electron chi connectivity index (χ0n) is 13.6. The van der Waals surface area contributed by atoms with Gasteiger partial charge in [-0.25, -0.2) is 14.2 Å². The maximum atomic E-state index is 14.4. The van der Waals surface area contributed by atoms with Crippen LogP contribution in [0.2, 0.25) is 0 Å². The molecule has 0 saturated carbocycles. The Morgan fingerprint density at radius 2 is 2.24 bits per heavy atom. The van der Waals surface area contributed by atoms with Gasteiger partial charge in [-0.05, 0) is 24.6 Å². The second kappa shape index (κ2) is 6.30. The average molecular weight is 339 g/mol. The second-order valence-corrected chi connectivity index (χ2v) is 5.32. The average Bonchev–Trinajstić information content (AvgIpc) is 3.05. The van der Waals surface area contributed by atoms with Crippen molar-refractivity contribution in [3.05, 3.63) is 46.7 Å². The highest BCUT2D eigenvalue weighted by molar-refractivity contribution is 6.09. The Labute approximate surface area is 142 Å². The van der Waals surface area contributed by atoms with Crippen molar-refractivity contribution in [3.63, 3.8) is 0 Å². The summed E-state index contributed by atoms with van der Waals surface area (Å²) in [6.07, 6.45) is 0. The molecule has 0 unspecified atom stereocenters. The van der Waals surface area contributed by atoms with Crippen molar-refractivity contribution in [1.82, 2.24) is 15.2 Å². The Balaban J connectivity index is 2.31. The topological polar surface area (TPSA) is 98.2 Å². The summed E-state index contributed by atoms with van der Waals surface area (Å²) in [6.45, 7) is 8.95. The van der Waals surface area contributed by atoms with Gasteiger partial charge in [0.2, 0.25) is 5.69 Å². The highest BCUT2D eigenvalue weighted by atomic mass is 19.1. The zero-order chi connectivity index (χ0) is 18.1. The number of nitrogens with zero attached hydrogens (tertiary/aromatic N) is 3. The molecule has 3 N–H and O–H groups in total. The van der Waals surface area contributed by atoms with Gasteiger partial charge in [0.15, 0.2) is 11.4 Å². The van der Waals surface area contributed by atoms with E-state index in [0.717, 1.165) is 0 Å². The van der Waals surface area contributed by atoms with E-state index in [1.165, 1.54) is 19.2 Å². The van der Waals surface area contributed by atoms with Crippen LogP contribution in [0.3, 0.4) is 0 Å². The number of benzene rings is 1. The fourth-order valence-electron chi connectivity index (χ4n) is 2.67. The minimum absolute atomic E-state index is 0.157. The lowest BCUT2D eigenvalue weighted by atomic mass is 10.0. The fraction of sp³-hybridized carbons (Fsp3) is 0.176. The Hall–Kier alpha value is -3.31. The Kier molecular flexibility index (Phi) is 4.17. The molecule has 0 saturated heterocycles. The van der Waals surface area contributed by atoms with Crippen molar-refractivity contribution in [2.75, 3.05) is 13.7 Å². The van der Waals surface area contributed by atoms with E-state index in [1.807, 2.05) is 0 Å². The molecular formula is C17H14FN5O2. The van der Waals surface area contributed by atoms with Gasteiger partial charge >= 0.3 is 0 Å². The Morgan fingerprint density at radius 1 is 1.48 bits per heavy atom. The third-order valence-electron chi connectivity index (χ3n) is 3.93. The van der Waals surface area contributed by atoms with Crippen molar-refractivity contribution in [1.29, 1.82) is 0 Å². The standard InChI is InChI=1S/C17H14FN5O2/c1-8-13-16(12(24)7-19)22-23-17(13)21-15(14(8)20-2)10-5-4-9(25-3)6-11(10)18/h4-6H,7,19H2,1,3H3,(H,21,22,23). The maximum Gasteiger partial charge on any atom is 0.216 e. The Bertz CT molecular complexity index is 1040. The lowest BCUT2D eigenvalue weighted by Gasteiger charge is -2.10. The van der Waals surface area contributed by atoms with Crippen molar-refractivity contribution >= 4 is 22.5 Å². The number of aromatic nitrogens is 3. The molecule has 126 valence electrons. The molecule has 25 heavy (non-hydrogen) atoms. The van der Waals surface area contributed by atoms with Crippen LogP contribution < -0.4 is 10.5 Å². The maximum absolute atomic E-state index is 14.4. The van der Waals surface area contributed by atoms with E-state index < -0.39 is 5.82 Å². The van der Waals surface area contributed by atoms with E-state index in [2.05, 4.69) is 20.0 Å². The number of H-pyrrole nitrogens is 1. The molecule has 0 bridgehead atoms. The first-order chi connectivity index (χ1) is 12.0. The number of ether oxygens (including phenoxy) is 1. The van der Waals surface area contributed by atoms with Gasteiger partial charge < -0.3 is 10.5 Å². The van der Waals surface area contributed by atoms with Crippen LogP contribution in [0.25, 0.3) is 27.1 Å². The van der Waals surface area contributed by atoms with E-state index in [-0.39, 0.29) is 40.6 Å². The molecule has 8 heteroatoms. The van der Waals surface area contributed by atoms with Crippen LogP contribution in [0, 0.1) is 19.3 Å². The molecule has 0 spiro atoms. The van der Waals surface area contributed by atoms with E-state index in [9.17, 15) is 9.18 Å². The van der Waals surface area contributed by atoms with Crippen LogP contribution in [-0.4, -0.2) is 34.6 Å². The zero-order valence-corrected chi connectivity index (χ0v) is 13.6. The summed E-state index contributed by atoms with van der Waals surface area (Å²) >= 11 is 0. The van der Waals surface area contributed by atoms with Crippen molar-refractivity contribution in [3.8, 4) is 17.0 Å². The number of ketones is 1. The first kappa shape index (κ1) is 16.5. The first-order valence-electron chi connectivity index (χ1n) is 7.35. The van der Waals surface area contributed by atoms with Crippen LogP contribution in [0.15, 0.2) is 18.2 Å². The monoisotopic (exact) mass is 339 g/mol. The quantitative estimate of drug-likeness (QED) is 0.562. The molecule has 0 aliphatic heterocycles. The molecule has 0 radical (unpaired) electrons. The molecule has 7 nitrogen and oxygen atoms in total.